The van der Waals surface area contributed by atoms with Crippen molar-refractivity contribution < 1.29 is 0 Å². The van der Waals surface area contributed by atoms with Gasteiger partial charge in [-0.05, 0) is 62.2 Å². The Morgan fingerprint density at radius 3 is 2.82 bits per heavy atom. The van der Waals surface area contributed by atoms with E-state index in [4.69, 9.17) is 0 Å². The molecule has 1 aliphatic carbocycles. The number of nitrogens with one attached hydrogen (secondary N) is 1. The van der Waals surface area contributed by atoms with Gasteiger partial charge in [-0.15, -0.1) is 0 Å². The average Bonchev–Trinajstić information content (AvgIpc) is 2.28. The third-order valence-electron chi connectivity index (χ3n) is 4.24. The summed E-state index contributed by atoms with van der Waals surface area (Å²) in [5, 5.41) is 3.28. The predicted molar refractivity (Wildman–Crippen MR) is 74.7 cm³/mol. The van der Waals surface area contributed by atoms with Gasteiger partial charge in [0.2, 0.25) is 0 Å². The van der Waals surface area contributed by atoms with E-state index in [0.717, 1.165) is 12.5 Å². The quantitative estimate of drug-likeness (QED) is 0.835. The van der Waals surface area contributed by atoms with Crippen LogP contribution in [-0.2, 0) is 5.41 Å². The minimum Gasteiger partial charge on any atom is -0.320 e. The first kappa shape index (κ1) is 12.6. The molecule has 0 radical (unpaired) electrons. The molecule has 17 heavy (non-hydrogen) atoms. The molecule has 0 saturated heterocycles. The van der Waals surface area contributed by atoms with Crippen LogP contribution < -0.4 is 5.32 Å². The minimum absolute atomic E-state index is 0.360. The molecule has 1 unspecified atom stereocenters. The molecule has 2 rings (SSSR count). The summed E-state index contributed by atoms with van der Waals surface area (Å²) in [5.41, 5.74) is 4.95. The van der Waals surface area contributed by atoms with Gasteiger partial charge in [0.1, 0.15) is 0 Å². The maximum Gasteiger partial charge on any atom is -0.00461 e. The van der Waals surface area contributed by atoms with Crippen molar-refractivity contribution in [2.45, 2.75) is 51.4 Å². The molecule has 0 aliphatic heterocycles. The van der Waals surface area contributed by atoms with Crippen LogP contribution in [0, 0.1) is 6.92 Å². The average molecular weight is 231 g/mol. The zero-order valence-electron chi connectivity index (χ0n) is 11.6. The Bertz CT molecular complexity index is 393. The second-order valence-electron chi connectivity index (χ2n) is 6.10. The number of aryl methyl sites for hydroxylation is 1. The third-order valence-corrected chi connectivity index (χ3v) is 4.24. The molecule has 0 fully saturated rings. The summed E-state index contributed by atoms with van der Waals surface area (Å²) < 4.78 is 0. The summed E-state index contributed by atoms with van der Waals surface area (Å²) in [6.45, 7) is 8.10. The van der Waals surface area contributed by atoms with Gasteiger partial charge in [-0.2, -0.15) is 0 Å². The lowest BCUT2D eigenvalue weighted by atomic mass is 9.68. The summed E-state index contributed by atoms with van der Waals surface area (Å²) in [7, 11) is 2.05. The standard InChI is InChI=1S/C16H25N/c1-12-5-6-15-14(11-12)13(8-10-17-4)7-9-16(15,2)3/h5-6,11,13,17H,7-10H2,1-4H3. The molecule has 1 heteroatoms. The van der Waals surface area contributed by atoms with Gasteiger partial charge < -0.3 is 5.32 Å². The lowest BCUT2D eigenvalue weighted by Crippen LogP contribution is -2.27. The van der Waals surface area contributed by atoms with Crippen molar-refractivity contribution in [2.75, 3.05) is 13.6 Å². The van der Waals surface area contributed by atoms with E-state index in [1.807, 2.05) is 7.05 Å². The van der Waals surface area contributed by atoms with Gasteiger partial charge in [0.25, 0.3) is 0 Å². The highest BCUT2D eigenvalue weighted by Gasteiger charge is 2.31. The van der Waals surface area contributed by atoms with Crippen LogP contribution in [0.4, 0.5) is 0 Å². The van der Waals surface area contributed by atoms with Crippen molar-refractivity contribution in [1.82, 2.24) is 5.32 Å². The smallest absolute Gasteiger partial charge is 0.00461 e. The number of hydrogen-bond donors (Lipinski definition) is 1. The maximum absolute atomic E-state index is 3.28. The Labute approximate surface area is 106 Å². The molecule has 0 bridgehead atoms. The molecule has 0 heterocycles. The third kappa shape index (κ3) is 2.55. The zero-order valence-corrected chi connectivity index (χ0v) is 11.6. The fourth-order valence-corrected chi connectivity index (χ4v) is 3.08. The van der Waals surface area contributed by atoms with Crippen molar-refractivity contribution in [3.05, 3.63) is 34.9 Å². The molecule has 1 nitrogen and oxygen atoms in total. The molecule has 1 atom stereocenters. The minimum atomic E-state index is 0.360. The van der Waals surface area contributed by atoms with Crippen LogP contribution in [0.25, 0.3) is 0 Å². The van der Waals surface area contributed by atoms with E-state index >= 15 is 0 Å². The predicted octanol–water partition coefficient (Wildman–Crippen LogP) is 3.76. The van der Waals surface area contributed by atoms with E-state index in [9.17, 15) is 0 Å². The van der Waals surface area contributed by atoms with Crippen LogP contribution >= 0.6 is 0 Å². The second kappa shape index (κ2) is 4.81. The van der Waals surface area contributed by atoms with Crippen LogP contribution in [0.1, 0.15) is 55.7 Å². The van der Waals surface area contributed by atoms with Crippen molar-refractivity contribution in [3.63, 3.8) is 0 Å². The summed E-state index contributed by atoms with van der Waals surface area (Å²) in [6, 6.07) is 7.04. The molecule has 0 spiro atoms. The van der Waals surface area contributed by atoms with Gasteiger partial charge in [0.15, 0.2) is 0 Å². The van der Waals surface area contributed by atoms with Crippen LogP contribution in [0.15, 0.2) is 18.2 Å². The van der Waals surface area contributed by atoms with E-state index in [1.54, 1.807) is 11.1 Å². The molecule has 1 aromatic carbocycles. The molecule has 0 aromatic heterocycles. The fraction of sp³-hybridized carbons (Fsp3) is 0.625. The van der Waals surface area contributed by atoms with Gasteiger partial charge >= 0.3 is 0 Å². The molecule has 0 amide bonds. The van der Waals surface area contributed by atoms with Crippen LogP contribution in [-0.4, -0.2) is 13.6 Å². The van der Waals surface area contributed by atoms with Crippen LogP contribution in [0.5, 0.6) is 0 Å². The van der Waals surface area contributed by atoms with Gasteiger partial charge in [-0.3, -0.25) is 0 Å². The summed E-state index contributed by atoms with van der Waals surface area (Å²) in [6.07, 6.45) is 3.92. The van der Waals surface area contributed by atoms with Gasteiger partial charge in [-0.25, -0.2) is 0 Å². The molecule has 0 saturated carbocycles. The topological polar surface area (TPSA) is 12.0 Å². The first-order chi connectivity index (χ1) is 8.04. The lowest BCUT2D eigenvalue weighted by molar-refractivity contribution is 0.380. The van der Waals surface area contributed by atoms with Crippen LogP contribution in [0.2, 0.25) is 0 Å². The van der Waals surface area contributed by atoms with E-state index in [2.05, 4.69) is 44.3 Å². The molecule has 1 aliphatic rings. The van der Waals surface area contributed by atoms with Crippen molar-refractivity contribution in [3.8, 4) is 0 Å². The first-order valence-electron chi connectivity index (χ1n) is 6.80. The number of benzene rings is 1. The lowest BCUT2D eigenvalue weighted by Gasteiger charge is -2.37. The second-order valence-corrected chi connectivity index (χ2v) is 6.10. The Balaban J connectivity index is 2.35. The molecular weight excluding hydrogens is 206 g/mol. The monoisotopic (exact) mass is 231 g/mol. The molecular formula is C16H25N. The Morgan fingerprint density at radius 2 is 2.12 bits per heavy atom. The summed E-state index contributed by atoms with van der Waals surface area (Å²) >= 11 is 0. The molecule has 1 N–H and O–H groups in total. The highest BCUT2D eigenvalue weighted by atomic mass is 14.8. The Morgan fingerprint density at radius 1 is 1.35 bits per heavy atom. The number of fused-ring (bicyclic) bond motifs is 1. The Hall–Kier alpha value is -0.820. The normalized spacial score (nSPS) is 22.2. The number of rotatable bonds is 3. The number of hydrogen-bond acceptors (Lipinski definition) is 1. The maximum atomic E-state index is 3.28. The Kier molecular flexibility index (Phi) is 3.58. The van der Waals surface area contributed by atoms with Gasteiger partial charge in [-0.1, -0.05) is 37.6 Å². The largest absolute Gasteiger partial charge is 0.320 e. The van der Waals surface area contributed by atoms with Crippen molar-refractivity contribution >= 4 is 0 Å². The molecule has 1 aromatic rings. The fourth-order valence-electron chi connectivity index (χ4n) is 3.08. The SMILES string of the molecule is CNCCC1CCC(C)(C)c2ccc(C)cc21. The van der Waals surface area contributed by atoms with Gasteiger partial charge in [0.05, 0.1) is 0 Å². The highest BCUT2D eigenvalue weighted by Crippen LogP contribution is 2.43. The van der Waals surface area contributed by atoms with E-state index < -0.39 is 0 Å². The van der Waals surface area contributed by atoms with Crippen LogP contribution in [0.3, 0.4) is 0 Å². The van der Waals surface area contributed by atoms with Crippen molar-refractivity contribution in [2.24, 2.45) is 0 Å². The van der Waals surface area contributed by atoms with Crippen molar-refractivity contribution in [1.29, 1.82) is 0 Å². The highest BCUT2D eigenvalue weighted by molar-refractivity contribution is 5.41. The van der Waals surface area contributed by atoms with E-state index in [-0.39, 0.29) is 0 Å². The summed E-state index contributed by atoms with van der Waals surface area (Å²) in [4.78, 5) is 0. The first-order valence-corrected chi connectivity index (χ1v) is 6.80. The van der Waals surface area contributed by atoms with Gasteiger partial charge in [0, 0.05) is 0 Å². The van der Waals surface area contributed by atoms with E-state index in [0.29, 0.717) is 5.41 Å². The zero-order chi connectivity index (χ0) is 12.5. The summed E-state index contributed by atoms with van der Waals surface area (Å²) in [5.74, 6) is 0.755. The van der Waals surface area contributed by atoms with E-state index in [1.165, 1.54) is 24.8 Å². The molecule has 94 valence electrons.